The number of aryl methyl sites for hydroxylation is 1. The Balaban J connectivity index is 1.27. The summed E-state index contributed by atoms with van der Waals surface area (Å²) in [7, 11) is 0. The maximum atomic E-state index is 12.8. The van der Waals surface area contributed by atoms with Gasteiger partial charge in [0.05, 0.1) is 28.2 Å². The van der Waals surface area contributed by atoms with Crippen LogP contribution in [0.25, 0.3) is 15.9 Å². The number of thioether (sulfide) groups is 1. The van der Waals surface area contributed by atoms with Crippen LogP contribution in [0.2, 0.25) is 5.02 Å². The van der Waals surface area contributed by atoms with Gasteiger partial charge < -0.3 is 15.4 Å². The van der Waals surface area contributed by atoms with Crippen molar-refractivity contribution in [1.82, 2.24) is 25.1 Å². The summed E-state index contributed by atoms with van der Waals surface area (Å²) < 4.78 is 8.41. The number of para-hydroxylation sites is 1. The monoisotopic (exact) mass is 592 g/mol. The largest absolute Gasteiger partial charge is 0.484 e. The normalized spacial score (nSPS) is 11.0. The molecule has 0 atom stereocenters. The summed E-state index contributed by atoms with van der Waals surface area (Å²) in [5, 5.41) is 16.1. The van der Waals surface area contributed by atoms with E-state index >= 15 is 0 Å². The van der Waals surface area contributed by atoms with E-state index in [2.05, 4.69) is 25.8 Å². The van der Waals surface area contributed by atoms with E-state index < -0.39 is 0 Å². The van der Waals surface area contributed by atoms with Crippen molar-refractivity contribution in [3.63, 3.8) is 0 Å². The number of nitrogens with one attached hydrogen (secondary N) is 2. The molecule has 2 heterocycles. The molecule has 12 heteroatoms. The Morgan fingerprint density at radius 3 is 2.60 bits per heavy atom. The van der Waals surface area contributed by atoms with Crippen LogP contribution >= 0.6 is 34.7 Å². The standard InChI is InChI=1S/C28H25ClN6O3S2/c1-17-6-5-8-22(18(17)2)35-24(14-30-25(36)15-38-20-12-10-19(29)11-13-20)33-34-28(35)39-16-26(37)32-27-31-21-7-3-4-9-23(21)40-27/h3-13H,14-16H2,1-2H3,(H,30,36)(H,31,32,37). The minimum atomic E-state index is -0.310. The molecule has 40 heavy (non-hydrogen) atoms. The lowest BCUT2D eigenvalue weighted by Gasteiger charge is -2.15. The first kappa shape index (κ1) is 27.6. The number of halogens is 1. The molecule has 0 saturated carbocycles. The number of hydrogen-bond acceptors (Lipinski definition) is 8. The van der Waals surface area contributed by atoms with E-state index in [9.17, 15) is 9.59 Å². The Morgan fingerprint density at radius 2 is 1.80 bits per heavy atom. The number of carbonyl (C=O) groups is 2. The summed E-state index contributed by atoms with van der Waals surface area (Å²) in [6.45, 7) is 4.01. The summed E-state index contributed by atoms with van der Waals surface area (Å²) in [5.74, 6) is 0.674. The lowest BCUT2D eigenvalue weighted by Crippen LogP contribution is -2.29. The SMILES string of the molecule is Cc1cccc(-n2c(CNC(=O)COc3ccc(Cl)cc3)nnc2SCC(=O)Nc2nc3ccccc3s2)c1C. The van der Waals surface area contributed by atoms with Gasteiger partial charge in [-0.15, -0.1) is 10.2 Å². The summed E-state index contributed by atoms with van der Waals surface area (Å²) in [6, 6.07) is 20.5. The van der Waals surface area contributed by atoms with Crippen molar-refractivity contribution >= 4 is 61.9 Å². The van der Waals surface area contributed by atoms with E-state index in [1.54, 1.807) is 24.3 Å². The molecule has 0 fully saturated rings. The molecular weight excluding hydrogens is 568 g/mol. The smallest absolute Gasteiger partial charge is 0.258 e. The maximum Gasteiger partial charge on any atom is 0.258 e. The molecular formula is C28H25ClN6O3S2. The van der Waals surface area contributed by atoms with Crippen LogP contribution in [-0.2, 0) is 16.1 Å². The molecule has 0 aliphatic rings. The van der Waals surface area contributed by atoms with Crippen molar-refractivity contribution in [3.05, 3.63) is 88.7 Å². The van der Waals surface area contributed by atoms with Crippen molar-refractivity contribution in [3.8, 4) is 11.4 Å². The minimum Gasteiger partial charge on any atom is -0.484 e. The molecule has 0 aliphatic carbocycles. The molecule has 5 rings (SSSR count). The second kappa shape index (κ2) is 12.5. The van der Waals surface area contributed by atoms with Gasteiger partial charge in [0.25, 0.3) is 5.91 Å². The quantitative estimate of drug-likeness (QED) is 0.204. The predicted molar refractivity (Wildman–Crippen MR) is 159 cm³/mol. The van der Waals surface area contributed by atoms with E-state index in [4.69, 9.17) is 16.3 Å². The van der Waals surface area contributed by atoms with Crippen LogP contribution in [-0.4, -0.2) is 43.9 Å². The Labute approximate surface area is 243 Å². The van der Waals surface area contributed by atoms with E-state index in [1.807, 2.05) is 60.9 Å². The van der Waals surface area contributed by atoms with E-state index in [0.717, 1.165) is 27.0 Å². The van der Waals surface area contributed by atoms with Crippen molar-refractivity contribution in [2.75, 3.05) is 17.7 Å². The highest BCUT2D eigenvalue weighted by atomic mass is 35.5. The number of fused-ring (bicyclic) bond motifs is 1. The minimum absolute atomic E-state index is 0.111. The van der Waals surface area contributed by atoms with E-state index in [1.165, 1.54) is 23.1 Å². The number of aromatic nitrogens is 4. The van der Waals surface area contributed by atoms with Crippen molar-refractivity contribution < 1.29 is 14.3 Å². The van der Waals surface area contributed by atoms with Crippen molar-refractivity contribution in [2.24, 2.45) is 0 Å². The highest BCUT2D eigenvalue weighted by Crippen LogP contribution is 2.28. The third kappa shape index (κ3) is 6.61. The van der Waals surface area contributed by atoms with Gasteiger partial charge in [-0.1, -0.05) is 59.0 Å². The number of benzene rings is 3. The number of nitrogens with zero attached hydrogens (tertiary/aromatic N) is 4. The molecule has 0 radical (unpaired) electrons. The van der Waals surface area contributed by atoms with E-state index in [-0.39, 0.29) is 30.7 Å². The number of rotatable bonds is 10. The lowest BCUT2D eigenvalue weighted by atomic mass is 10.1. The van der Waals surface area contributed by atoms with Gasteiger partial charge in [-0.2, -0.15) is 0 Å². The van der Waals surface area contributed by atoms with Gasteiger partial charge in [0.15, 0.2) is 22.7 Å². The zero-order valence-corrected chi connectivity index (χ0v) is 24.1. The second-order valence-electron chi connectivity index (χ2n) is 8.80. The van der Waals surface area contributed by atoms with Crippen LogP contribution in [0.3, 0.4) is 0 Å². The van der Waals surface area contributed by atoms with Gasteiger partial charge in [0, 0.05) is 5.02 Å². The summed E-state index contributed by atoms with van der Waals surface area (Å²) in [5.41, 5.74) is 3.86. The number of ether oxygens (including phenoxy) is 1. The van der Waals surface area contributed by atoms with Gasteiger partial charge in [-0.25, -0.2) is 4.98 Å². The van der Waals surface area contributed by atoms with Gasteiger partial charge in [-0.3, -0.25) is 14.2 Å². The molecule has 0 saturated heterocycles. The Hall–Kier alpha value is -3.93. The van der Waals surface area contributed by atoms with Crippen LogP contribution in [0.5, 0.6) is 5.75 Å². The number of hydrogen-bond donors (Lipinski definition) is 2. The van der Waals surface area contributed by atoms with Crippen LogP contribution in [0, 0.1) is 13.8 Å². The van der Waals surface area contributed by atoms with Crippen molar-refractivity contribution in [1.29, 1.82) is 0 Å². The molecule has 2 N–H and O–H groups in total. The highest BCUT2D eigenvalue weighted by Gasteiger charge is 2.19. The van der Waals surface area contributed by atoms with Crippen LogP contribution in [0.15, 0.2) is 71.9 Å². The molecule has 2 amide bonds. The fourth-order valence-corrected chi connectivity index (χ4v) is 5.62. The molecule has 5 aromatic rings. The predicted octanol–water partition coefficient (Wildman–Crippen LogP) is 5.57. The number of thiazole rings is 1. The van der Waals surface area contributed by atoms with Crippen LogP contribution in [0.1, 0.15) is 17.0 Å². The average molecular weight is 593 g/mol. The molecule has 0 aliphatic heterocycles. The number of amides is 2. The number of carbonyl (C=O) groups excluding carboxylic acids is 2. The van der Waals surface area contributed by atoms with Crippen LogP contribution < -0.4 is 15.4 Å². The van der Waals surface area contributed by atoms with Gasteiger partial charge >= 0.3 is 0 Å². The van der Waals surface area contributed by atoms with E-state index in [0.29, 0.717) is 26.9 Å². The molecule has 0 spiro atoms. The fraction of sp³-hybridized carbons (Fsp3) is 0.179. The zero-order chi connectivity index (χ0) is 28.1. The Kier molecular flexibility index (Phi) is 8.63. The van der Waals surface area contributed by atoms with Crippen LogP contribution in [0.4, 0.5) is 5.13 Å². The lowest BCUT2D eigenvalue weighted by molar-refractivity contribution is -0.123. The van der Waals surface area contributed by atoms with Gasteiger partial charge in [0.1, 0.15) is 5.75 Å². The Morgan fingerprint density at radius 1 is 1.00 bits per heavy atom. The summed E-state index contributed by atoms with van der Waals surface area (Å²) in [6.07, 6.45) is 0. The third-order valence-corrected chi connectivity index (χ3v) is 8.15. The summed E-state index contributed by atoms with van der Waals surface area (Å²) in [4.78, 5) is 29.7. The zero-order valence-electron chi connectivity index (χ0n) is 21.7. The highest BCUT2D eigenvalue weighted by molar-refractivity contribution is 7.99. The fourth-order valence-electron chi connectivity index (χ4n) is 3.85. The second-order valence-corrected chi connectivity index (χ2v) is 11.2. The molecule has 3 aromatic carbocycles. The van der Waals surface area contributed by atoms with Gasteiger partial charge in [-0.05, 0) is 67.4 Å². The van der Waals surface area contributed by atoms with Gasteiger partial charge in [0.2, 0.25) is 5.91 Å². The first-order chi connectivity index (χ1) is 19.4. The first-order valence-corrected chi connectivity index (χ1v) is 14.5. The topological polar surface area (TPSA) is 111 Å². The molecule has 0 bridgehead atoms. The number of anilines is 1. The molecule has 9 nitrogen and oxygen atoms in total. The molecule has 204 valence electrons. The van der Waals surface area contributed by atoms with Crippen molar-refractivity contribution in [2.45, 2.75) is 25.5 Å². The maximum absolute atomic E-state index is 12.8. The third-order valence-electron chi connectivity index (χ3n) is 6.02. The molecule has 0 unspecified atom stereocenters. The summed E-state index contributed by atoms with van der Waals surface area (Å²) >= 11 is 8.58. The first-order valence-electron chi connectivity index (χ1n) is 12.3. The average Bonchev–Trinajstić information content (AvgIpc) is 3.55. The molecule has 2 aromatic heterocycles. The Bertz CT molecular complexity index is 1640.